The highest BCUT2D eigenvalue weighted by atomic mass is 16.1. The topological polar surface area (TPSA) is 117 Å². The molecule has 5 heterocycles. The first-order chi connectivity index (χ1) is 18.9. The van der Waals surface area contributed by atoms with E-state index >= 15 is 0 Å². The average Bonchev–Trinajstić information content (AvgIpc) is 3.48. The molecular formula is C28H31N9O2. The number of hydrogen-bond acceptors (Lipinski definition) is 7. The largest absolute Gasteiger partial charge is 0.344 e. The minimum atomic E-state index is -0.263. The quantitative estimate of drug-likeness (QED) is 0.312. The zero-order valence-corrected chi connectivity index (χ0v) is 22.0. The van der Waals surface area contributed by atoms with Gasteiger partial charge in [-0.15, -0.1) is 11.7 Å². The van der Waals surface area contributed by atoms with E-state index in [4.69, 9.17) is 4.98 Å². The molecule has 0 atom stereocenters. The number of rotatable bonds is 7. The van der Waals surface area contributed by atoms with Gasteiger partial charge in [-0.2, -0.15) is 4.98 Å². The lowest BCUT2D eigenvalue weighted by Crippen LogP contribution is -2.29. The molecule has 0 bridgehead atoms. The Morgan fingerprint density at radius 2 is 1.97 bits per heavy atom. The number of piperidine rings is 1. The summed E-state index contributed by atoms with van der Waals surface area (Å²) in [7, 11) is 0. The molecule has 0 unspecified atom stereocenters. The molecule has 11 nitrogen and oxygen atoms in total. The van der Waals surface area contributed by atoms with Gasteiger partial charge in [-0.05, 0) is 70.1 Å². The van der Waals surface area contributed by atoms with Crippen molar-refractivity contribution in [1.29, 1.82) is 0 Å². The number of fused-ring (bicyclic) bond motifs is 2. The first-order valence-corrected chi connectivity index (χ1v) is 13.2. The monoisotopic (exact) mass is 525 g/mol. The van der Waals surface area contributed by atoms with E-state index in [0.29, 0.717) is 28.8 Å². The molecule has 0 saturated carbocycles. The second-order valence-electron chi connectivity index (χ2n) is 10.1. The molecule has 39 heavy (non-hydrogen) atoms. The van der Waals surface area contributed by atoms with Gasteiger partial charge in [-0.1, -0.05) is 6.08 Å². The third-order valence-electron chi connectivity index (χ3n) is 7.17. The van der Waals surface area contributed by atoms with E-state index in [1.807, 2.05) is 19.9 Å². The van der Waals surface area contributed by atoms with E-state index < -0.39 is 0 Å². The van der Waals surface area contributed by atoms with Crippen LogP contribution in [0.25, 0.3) is 27.8 Å². The van der Waals surface area contributed by atoms with Crippen LogP contribution in [0, 0.1) is 0 Å². The number of nitrogens with zero attached hydrogens (tertiary/aromatic N) is 7. The van der Waals surface area contributed by atoms with Gasteiger partial charge in [-0.25, -0.2) is 19.0 Å². The highest BCUT2D eigenvalue weighted by Gasteiger charge is 2.20. The van der Waals surface area contributed by atoms with Crippen molar-refractivity contribution in [3.63, 3.8) is 0 Å². The summed E-state index contributed by atoms with van der Waals surface area (Å²) in [5.41, 5.74) is 1.95. The number of hydrogen-bond donors (Lipinski definition) is 2. The lowest BCUT2D eigenvalue weighted by Gasteiger charge is -2.25. The number of nitrogens with one attached hydrogen (secondary N) is 2. The van der Waals surface area contributed by atoms with Gasteiger partial charge < -0.3 is 15.2 Å². The maximum atomic E-state index is 13.2. The summed E-state index contributed by atoms with van der Waals surface area (Å²) >= 11 is 0. The molecule has 1 aliphatic heterocycles. The van der Waals surface area contributed by atoms with Crippen molar-refractivity contribution >= 4 is 33.6 Å². The number of aromatic nitrogens is 7. The summed E-state index contributed by atoms with van der Waals surface area (Å²) in [6.45, 7) is 9.87. The lowest BCUT2D eigenvalue weighted by molar-refractivity contribution is 0.376. The van der Waals surface area contributed by atoms with Crippen LogP contribution in [-0.4, -0.2) is 46.8 Å². The zero-order chi connectivity index (χ0) is 27.1. The number of anilines is 2. The average molecular weight is 526 g/mol. The van der Waals surface area contributed by atoms with Crippen molar-refractivity contribution in [3.8, 4) is 5.82 Å². The minimum absolute atomic E-state index is 0.148. The van der Waals surface area contributed by atoms with Crippen LogP contribution in [-0.2, 0) is 6.54 Å². The summed E-state index contributed by atoms with van der Waals surface area (Å²) in [5, 5.41) is 12.7. The maximum Gasteiger partial charge on any atom is 0.278 e. The summed E-state index contributed by atoms with van der Waals surface area (Å²) in [5.74, 6) is 0.754. The third-order valence-corrected chi connectivity index (χ3v) is 7.17. The van der Waals surface area contributed by atoms with Gasteiger partial charge in [0.15, 0.2) is 11.5 Å². The molecule has 0 radical (unpaired) electrons. The Morgan fingerprint density at radius 1 is 1.15 bits per heavy atom. The van der Waals surface area contributed by atoms with Gasteiger partial charge in [0, 0.05) is 41.1 Å². The molecule has 1 fully saturated rings. The van der Waals surface area contributed by atoms with E-state index in [2.05, 4.69) is 56.3 Å². The molecule has 2 N–H and O–H groups in total. The minimum Gasteiger partial charge on any atom is -0.344 e. The molecule has 1 aliphatic rings. The third kappa shape index (κ3) is 4.44. The molecule has 0 spiro atoms. The molecular weight excluding hydrogens is 494 g/mol. The van der Waals surface area contributed by atoms with Crippen molar-refractivity contribution in [2.75, 3.05) is 18.4 Å². The van der Waals surface area contributed by atoms with Crippen molar-refractivity contribution in [2.45, 2.75) is 45.3 Å². The van der Waals surface area contributed by atoms with Crippen LogP contribution in [0.1, 0.15) is 38.8 Å². The van der Waals surface area contributed by atoms with Crippen LogP contribution < -0.4 is 21.8 Å². The highest BCUT2D eigenvalue weighted by molar-refractivity contribution is 5.85. The van der Waals surface area contributed by atoms with Crippen molar-refractivity contribution in [3.05, 3.63) is 82.2 Å². The summed E-state index contributed by atoms with van der Waals surface area (Å²) in [6, 6.07) is 11.7. The Labute approximate surface area is 224 Å². The van der Waals surface area contributed by atoms with Crippen LogP contribution in [0.5, 0.6) is 0 Å². The van der Waals surface area contributed by atoms with E-state index in [9.17, 15) is 9.59 Å². The molecule has 4 aromatic heterocycles. The van der Waals surface area contributed by atoms with E-state index in [-0.39, 0.29) is 23.7 Å². The maximum absolute atomic E-state index is 13.2. The fraction of sp³-hybridized carbons (Fsp3) is 0.321. The standard InChI is InChI=1S/C28H31N9O2/c1-4-14-35-27(39)22-17-30-28(32-26(22)37(35)24-7-8-25(38)36(33-24)18(2)3)31-20-5-6-23-19(16-20)11-15-34(23)21-9-12-29-13-10-21/h4-8,11,15-18,21,29H,1,9-10,12-14H2,2-3H3,(H,30,31,32). The number of allylic oxidation sites excluding steroid dienone is 1. The fourth-order valence-electron chi connectivity index (χ4n) is 5.28. The predicted octanol–water partition coefficient (Wildman–Crippen LogP) is 3.53. The molecule has 0 aliphatic carbocycles. The normalized spacial score (nSPS) is 14.4. The van der Waals surface area contributed by atoms with Gasteiger partial charge in [0.1, 0.15) is 5.39 Å². The van der Waals surface area contributed by atoms with Crippen molar-refractivity contribution in [1.82, 2.24) is 39.0 Å². The molecule has 200 valence electrons. The van der Waals surface area contributed by atoms with Crippen LogP contribution in [0.4, 0.5) is 11.6 Å². The first-order valence-electron chi connectivity index (χ1n) is 13.2. The van der Waals surface area contributed by atoms with Gasteiger partial charge in [0.25, 0.3) is 11.1 Å². The molecule has 1 aromatic carbocycles. The molecule has 6 rings (SSSR count). The first kappa shape index (κ1) is 24.8. The number of benzene rings is 1. The Bertz CT molecular complexity index is 1800. The van der Waals surface area contributed by atoms with Crippen LogP contribution in [0.3, 0.4) is 0 Å². The van der Waals surface area contributed by atoms with Gasteiger partial charge in [0.05, 0.1) is 12.6 Å². The predicted molar refractivity (Wildman–Crippen MR) is 152 cm³/mol. The summed E-state index contributed by atoms with van der Waals surface area (Å²) in [6.07, 6.45) is 7.56. The highest BCUT2D eigenvalue weighted by Crippen LogP contribution is 2.28. The van der Waals surface area contributed by atoms with Crippen molar-refractivity contribution < 1.29 is 0 Å². The van der Waals surface area contributed by atoms with Crippen LogP contribution >= 0.6 is 0 Å². The Morgan fingerprint density at radius 3 is 2.74 bits per heavy atom. The SMILES string of the molecule is C=CCn1c(=O)c2cnc(Nc3ccc4c(ccn4C4CCNCC4)c3)nc2n1-c1ccc(=O)n(C(C)C)n1. The van der Waals surface area contributed by atoms with Crippen LogP contribution in [0.15, 0.2) is 71.0 Å². The Balaban J connectivity index is 1.40. The second-order valence-corrected chi connectivity index (χ2v) is 10.1. The van der Waals surface area contributed by atoms with Crippen molar-refractivity contribution in [2.24, 2.45) is 0 Å². The molecule has 11 heteroatoms. The second kappa shape index (κ2) is 9.99. The molecule has 1 saturated heterocycles. The molecule has 0 amide bonds. The smallest absolute Gasteiger partial charge is 0.278 e. The van der Waals surface area contributed by atoms with Gasteiger partial charge in [-0.3, -0.25) is 9.59 Å². The van der Waals surface area contributed by atoms with Gasteiger partial charge in [0.2, 0.25) is 5.95 Å². The van der Waals surface area contributed by atoms with Gasteiger partial charge >= 0.3 is 0 Å². The van der Waals surface area contributed by atoms with E-state index in [1.54, 1.807) is 16.8 Å². The van der Waals surface area contributed by atoms with E-state index in [0.717, 1.165) is 37.0 Å². The molecule has 5 aromatic rings. The zero-order valence-electron chi connectivity index (χ0n) is 22.0. The fourth-order valence-corrected chi connectivity index (χ4v) is 5.28. The summed E-state index contributed by atoms with van der Waals surface area (Å²) in [4.78, 5) is 34.7. The van der Waals surface area contributed by atoms with Crippen LogP contribution in [0.2, 0.25) is 0 Å². The summed E-state index contributed by atoms with van der Waals surface area (Å²) < 4.78 is 6.86. The van der Waals surface area contributed by atoms with E-state index in [1.165, 1.54) is 27.1 Å². The lowest BCUT2D eigenvalue weighted by atomic mass is 10.1. The Hall–Kier alpha value is -4.51. The Kier molecular flexibility index (Phi) is 6.35.